The zero-order chi connectivity index (χ0) is 10.4. The topological polar surface area (TPSA) is 44.5 Å². The Hall–Kier alpha value is -1.06. The minimum Gasteiger partial charge on any atom is -0.497 e. The van der Waals surface area contributed by atoms with E-state index in [0.717, 1.165) is 12.2 Å². The first-order valence-electron chi connectivity index (χ1n) is 4.66. The van der Waals surface area contributed by atoms with Crippen molar-refractivity contribution in [2.45, 2.75) is 12.5 Å². The summed E-state index contributed by atoms with van der Waals surface area (Å²) in [5.41, 5.74) is 6.73. The van der Waals surface area contributed by atoms with Gasteiger partial charge in [0.1, 0.15) is 5.75 Å². The lowest BCUT2D eigenvalue weighted by Crippen LogP contribution is -2.24. The molecule has 3 heteroatoms. The second-order valence-electron chi connectivity index (χ2n) is 3.15. The van der Waals surface area contributed by atoms with Gasteiger partial charge in [-0.05, 0) is 24.1 Å². The summed E-state index contributed by atoms with van der Waals surface area (Å²) in [7, 11) is 3.34. The number of hydrogen-bond donors (Lipinski definition) is 1. The van der Waals surface area contributed by atoms with Crippen LogP contribution in [-0.4, -0.2) is 26.9 Å². The zero-order valence-electron chi connectivity index (χ0n) is 8.69. The average molecular weight is 195 g/mol. The van der Waals surface area contributed by atoms with E-state index in [9.17, 15) is 0 Å². The van der Waals surface area contributed by atoms with Crippen LogP contribution in [0.3, 0.4) is 0 Å². The standard InChI is InChI=1S/C11H17NO2/c1-13-10-5-3-4-9(6-10)7-11(8-12)14-2/h3-6,11H,7-8,12H2,1-2H3. The van der Waals surface area contributed by atoms with E-state index in [1.807, 2.05) is 24.3 Å². The molecule has 3 nitrogen and oxygen atoms in total. The van der Waals surface area contributed by atoms with Crippen LogP contribution >= 0.6 is 0 Å². The molecule has 0 aliphatic rings. The lowest BCUT2D eigenvalue weighted by molar-refractivity contribution is 0.110. The first-order chi connectivity index (χ1) is 6.80. The van der Waals surface area contributed by atoms with Crippen molar-refractivity contribution in [3.05, 3.63) is 29.8 Å². The lowest BCUT2D eigenvalue weighted by Gasteiger charge is -2.13. The average Bonchev–Trinajstić information content (AvgIpc) is 2.26. The van der Waals surface area contributed by atoms with Crippen LogP contribution in [0.5, 0.6) is 5.75 Å². The van der Waals surface area contributed by atoms with Crippen LogP contribution in [0.2, 0.25) is 0 Å². The summed E-state index contributed by atoms with van der Waals surface area (Å²) in [5.74, 6) is 0.870. The van der Waals surface area contributed by atoms with E-state index < -0.39 is 0 Å². The van der Waals surface area contributed by atoms with Crippen molar-refractivity contribution >= 4 is 0 Å². The van der Waals surface area contributed by atoms with Gasteiger partial charge in [-0.3, -0.25) is 0 Å². The molecule has 0 bridgehead atoms. The highest BCUT2D eigenvalue weighted by Gasteiger charge is 2.06. The van der Waals surface area contributed by atoms with Gasteiger partial charge in [0.15, 0.2) is 0 Å². The second-order valence-corrected chi connectivity index (χ2v) is 3.15. The minimum atomic E-state index is 0.0853. The third kappa shape index (κ3) is 3.01. The van der Waals surface area contributed by atoms with Crippen LogP contribution in [0.4, 0.5) is 0 Å². The highest BCUT2D eigenvalue weighted by Crippen LogP contribution is 2.14. The molecule has 1 rings (SSSR count). The molecule has 0 fully saturated rings. The smallest absolute Gasteiger partial charge is 0.119 e. The van der Waals surface area contributed by atoms with Gasteiger partial charge in [0.2, 0.25) is 0 Å². The first kappa shape index (κ1) is 11.0. The lowest BCUT2D eigenvalue weighted by atomic mass is 10.1. The summed E-state index contributed by atoms with van der Waals surface area (Å²) in [4.78, 5) is 0. The van der Waals surface area contributed by atoms with E-state index in [0.29, 0.717) is 6.54 Å². The molecule has 0 saturated carbocycles. The van der Waals surface area contributed by atoms with Crippen LogP contribution in [0.15, 0.2) is 24.3 Å². The molecule has 0 heterocycles. The molecule has 2 N–H and O–H groups in total. The largest absolute Gasteiger partial charge is 0.497 e. The molecular weight excluding hydrogens is 178 g/mol. The maximum atomic E-state index is 5.55. The number of hydrogen-bond acceptors (Lipinski definition) is 3. The summed E-state index contributed by atoms with van der Waals surface area (Å²) < 4.78 is 10.3. The number of ether oxygens (including phenoxy) is 2. The Kier molecular flexibility index (Phi) is 4.43. The van der Waals surface area contributed by atoms with Gasteiger partial charge in [0.25, 0.3) is 0 Å². The fraction of sp³-hybridized carbons (Fsp3) is 0.455. The number of benzene rings is 1. The first-order valence-corrected chi connectivity index (χ1v) is 4.66. The van der Waals surface area contributed by atoms with Crippen molar-refractivity contribution in [1.29, 1.82) is 0 Å². The van der Waals surface area contributed by atoms with Gasteiger partial charge in [0, 0.05) is 13.7 Å². The predicted octanol–water partition coefficient (Wildman–Crippen LogP) is 1.21. The Balaban J connectivity index is 2.65. The minimum absolute atomic E-state index is 0.0853. The van der Waals surface area contributed by atoms with Crippen LogP contribution in [0.1, 0.15) is 5.56 Å². The van der Waals surface area contributed by atoms with Crippen molar-refractivity contribution in [3.63, 3.8) is 0 Å². The molecule has 14 heavy (non-hydrogen) atoms. The van der Waals surface area contributed by atoms with Gasteiger partial charge in [0.05, 0.1) is 13.2 Å². The van der Waals surface area contributed by atoms with Gasteiger partial charge >= 0.3 is 0 Å². The SMILES string of the molecule is COc1cccc(CC(CN)OC)c1. The van der Waals surface area contributed by atoms with Crippen molar-refractivity contribution in [3.8, 4) is 5.75 Å². The van der Waals surface area contributed by atoms with E-state index >= 15 is 0 Å². The van der Waals surface area contributed by atoms with Crippen molar-refractivity contribution in [2.24, 2.45) is 5.73 Å². The Morgan fingerprint density at radius 1 is 1.36 bits per heavy atom. The van der Waals surface area contributed by atoms with E-state index in [1.54, 1.807) is 14.2 Å². The molecule has 0 aliphatic heterocycles. The zero-order valence-corrected chi connectivity index (χ0v) is 8.69. The normalized spacial score (nSPS) is 12.5. The molecule has 0 aromatic heterocycles. The highest BCUT2D eigenvalue weighted by atomic mass is 16.5. The van der Waals surface area contributed by atoms with Crippen molar-refractivity contribution in [2.75, 3.05) is 20.8 Å². The molecule has 0 radical (unpaired) electrons. The summed E-state index contributed by atoms with van der Waals surface area (Å²) in [6, 6.07) is 7.94. The Bertz CT molecular complexity index is 272. The summed E-state index contributed by atoms with van der Waals surface area (Å²) in [6.07, 6.45) is 0.909. The fourth-order valence-corrected chi connectivity index (χ4v) is 1.33. The van der Waals surface area contributed by atoms with E-state index in [2.05, 4.69) is 0 Å². The maximum Gasteiger partial charge on any atom is 0.119 e. The van der Waals surface area contributed by atoms with Crippen LogP contribution in [0.25, 0.3) is 0 Å². The highest BCUT2D eigenvalue weighted by molar-refractivity contribution is 5.28. The quantitative estimate of drug-likeness (QED) is 0.768. The van der Waals surface area contributed by atoms with Crippen LogP contribution < -0.4 is 10.5 Å². The molecule has 0 amide bonds. The summed E-state index contributed by atoms with van der Waals surface area (Å²) in [6.45, 7) is 0.535. The third-order valence-corrected chi connectivity index (χ3v) is 2.19. The Morgan fingerprint density at radius 2 is 2.14 bits per heavy atom. The molecule has 0 saturated heterocycles. The van der Waals surface area contributed by atoms with Crippen LogP contribution in [0, 0.1) is 0 Å². The van der Waals surface area contributed by atoms with Gasteiger partial charge in [-0.25, -0.2) is 0 Å². The van der Waals surface area contributed by atoms with Crippen molar-refractivity contribution in [1.82, 2.24) is 0 Å². The van der Waals surface area contributed by atoms with Gasteiger partial charge < -0.3 is 15.2 Å². The molecule has 1 atom stereocenters. The molecule has 1 aromatic rings. The second kappa shape index (κ2) is 5.62. The predicted molar refractivity (Wildman–Crippen MR) is 56.5 cm³/mol. The van der Waals surface area contributed by atoms with E-state index in [1.165, 1.54) is 5.56 Å². The summed E-state index contributed by atoms with van der Waals surface area (Å²) in [5, 5.41) is 0. The Labute approximate surface area is 84.8 Å². The third-order valence-electron chi connectivity index (χ3n) is 2.19. The van der Waals surface area contributed by atoms with Gasteiger partial charge in [-0.2, -0.15) is 0 Å². The summed E-state index contributed by atoms with van der Waals surface area (Å²) >= 11 is 0. The monoisotopic (exact) mass is 195 g/mol. The van der Waals surface area contributed by atoms with E-state index in [-0.39, 0.29) is 6.10 Å². The van der Waals surface area contributed by atoms with E-state index in [4.69, 9.17) is 15.2 Å². The maximum absolute atomic E-state index is 5.55. The molecule has 1 unspecified atom stereocenters. The van der Waals surface area contributed by atoms with Crippen LogP contribution in [-0.2, 0) is 11.2 Å². The Morgan fingerprint density at radius 3 is 2.71 bits per heavy atom. The molecule has 0 spiro atoms. The molecular formula is C11H17NO2. The number of rotatable bonds is 5. The molecule has 1 aromatic carbocycles. The van der Waals surface area contributed by atoms with Gasteiger partial charge in [-0.15, -0.1) is 0 Å². The molecule has 78 valence electrons. The molecule has 0 aliphatic carbocycles. The number of methoxy groups -OCH3 is 2. The fourth-order valence-electron chi connectivity index (χ4n) is 1.33. The van der Waals surface area contributed by atoms with Crippen molar-refractivity contribution < 1.29 is 9.47 Å². The number of nitrogens with two attached hydrogens (primary N) is 1. The van der Waals surface area contributed by atoms with Gasteiger partial charge in [-0.1, -0.05) is 12.1 Å².